The van der Waals surface area contributed by atoms with E-state index in [1.165, 1.54) is 10.7 Å². The summed E-state index contributed by atoms with van der Waals surface area (Å²) in [5.74, 6) is -0.352. The van der Waals surface area contributed by atoms with E-state index in [0.717, 1.165) is 43.4 Å². The molecule has 0 bridgehead atoms. The van der Waals surface area contributed by atoms with Crippen molar-refractivity contribution in [3.05, 3.63) is 47.5 Å². The lowest BCUT2D eigenvalue weighted by molar-refractivity contribution is 0.382. The molecule has 0 aliphatic carbocycles. The second-order valence-electron chi connectivity index (χ2n) is 8.17. The average molecular weight is 452 g/mol. The number of hydrogen-bond donors (Lipinski definition) is 0. The van der Waals surface area contributed by atoms with Crippen LogP contribution in [0.3, 0.4) is 0 Å². The molecule has 1 aromatic carbocycles. The molecule has 3 heterocycles. The number of rotatable bonds is 5. The van der Waals surface area contributed by atoms with Crippen molar-refractivity contribution in [2.75, 3.05) is 42.5 Å². The Kier molecular flexibility index (Phi) is 6.38. The molecule has 2 aliphatic rings. The Morgan fingerprint density at radius 1 is 0.968 bits per heavy atom. The first-order valence-electron chi connectivity index (χ1n) is 10.6. The number of hydrogen-bond acceptors (Lipinski definition) is 6. The normalized spacial score (nSPS) is 20.8. The summed E-state index contributed by atoms with van der Waals surface area (Å²) in [4.78, 5) is 4.27. The van der Waals surface area contributed by atoms with Crippen LogP contribution >= 0.6 is 0 Å². The van der Waals surface area contributed by atoms with Crippen molar-refractivity contribution >= 4 is 21.7 Å². The molecule has 0 spiro atoms. The van der Waals surface area contributed by atoms with Crippen molar-refractivity contribution in [1.82, 2.24) is 14.5 Å². The van der Waals surface area contributed by atoms with Gasteiger partial charge < -0.3 is 9.80 Å². The first-order chi connectivity index (χ1) is 14.8. The first-order valence-corrected chi connectivity index (χ1v) is 12.2. The van der Waals surface area contributed by atoms with E-state index in [0.29, 0.717) is 24.9 Å². The third-order valence-corrected chi connectivity index (χ3v) is 7.86. The summed E-state index contributed by atoms with van der Waals surface area (Å²) in [7, 11) is -3.75. The molecule has 2 aliphatic heterocycles. The summed E-state index contributed by atoms with van der Waals surface area (Å²) >= 11 is 0. The van der Waals surface area contributed by atoms with Gasteiger partial charge in [-0.05, 0) is 56.5 Å². The first kappa shape index (κ1) is 21.9. The fourth-order valence-corrected chi connectivity index (χ4v) is 5.73. The number of aromatic nitrogens is 2. The molecule has 0 amide bonds. The van der Waals surface area contributed by atoms with Crippen LogP contribution in [-0.2, 0) is 15.8 Å². The Hall–Kier alpha value is -2.33. The molecule has 4 rings (SSSR count). The number of nitrogens with zero attached hydrogens (tertiary/aromatic N) is 5. The average Bonchev–Trinajstić information content (AvgIpc) is 2.77. The third-order valence-electron chi connectivity index (χ3n) is 6.04. The Morgan fingerprint density at radius 3 is 2.35 bits per heavy atom. The van der Waals surface area contributed by atoms with Crippen molar-refractivity contribution in [3.63, 3.8) is 0 Å². The number of halogens is 2. The molecule has 2 saturated heterocycles. The number of sulfonamides is 1. The Balaban J connectivity index is 1.37. The molecule has 1 atom stereocenters. The summed E-state index contributed by atoms with van der Waals surface area (Å²) in [5, 5.41) is 8.76. The van der Waals surface area contributed by atoms with Gasteiger partial charge >= 0.3 is 0 Å². The van der Waals surface area contributed by atoms with Gasteiger partial charge in [-0.2, -0.15) is 4.31 Å². The number of piperidine rings is 1. The van der Waals surface area contributed by atoms with Crippen molar-refractivity contribution < 1.29 is 17.2 Å². The van der Waals surface area contributed by atoms with Gasteiger partial charge in [0.2, 0.25) is 10.0 Å². The summed E-state index contributed by atoms with van der Waals surface area (Å²) in [6.07, 6.45) is 3.55. The lowest BCUT2D eigenvalue weighted by atomic mass is 10.0. The number of anilines is 2. The van der Waals surface area contributed by atoms with Crippen LogP contribution in [0.2, 0.25) is 0 Å². The van der Waals surface area contributed by atoms with Crippen molar-refractivity contribution in [2.24, 2.45) is 0 Å². The quantitative estimate of drug-likeness (QED) is 0.696. The van der Waals surface area contributed by atoms with E-state index in [-0.39, 0.29) is 18.7 Å². The van der Waals surface area contributed by atoms with Gasteiger partial charge in [-0.25, -0.2) is 17.2 Å². The van der Waals surface area contributed by atoms with Gasteiger partial charge in [0.05, 0.1) is 5.75 Å². The van der Waals surface area contributed by atoms with Crippen LogP contribution in [0.5, 0.6) is 0 Å². The minimum Gasteiger partial charge on any atom is -0.352 e. The smallest absolute Gasteiger partial charge is 0.218 e. The standard InChI is InChI=1S/C21H27F2N5O2S/c1-16-4-2-3-9-28(16)21-8-7-20(24-25-21)26-10-12-27(13-11-26)31(29,30)15-17-14-18(22)5-6-19(17)23/h5-8,14,16H,2-4,9-13,15H2,1H3. The maximum Gasteiger partial charge on any atom is 0.218 e. The van der Waals surface area contributed by atoms with E-state index in [1.54, 1.807) is 0 Å². The molecule has 1 unspecified atom stereocenters. The van der Waals surface area contributed by atoms with E-state index in [9.17, 15) is 17.2 Å². The summed E-state index contributed by atoms with van der Waals surface area (Å²) < 4.78 is 54.0. The van der Waals surface area contributed by atoms with Gasteiger partial charge in [-0.3, -0.25) is 0 Å². The van der Waals surface area contributed by atoms with E-state index in [4.69, 9.17) is 0 Å². The molecule has 31 heavy (non-hydrogen) atoms. The molecule has 2 fully saturated rings. The Morgan fingerprint density at radius 2 is 1.68 bits per heavy atom. The highest BCUT2D eigenvalue weighted by Gasteiger charge is 2.29. The maximum atomic E-state index is 13.9. The van der Waals surface area contributed by atoms with Crippen LogP contribution in [0.25, 0.3) is 0 Å². The van der Waals surface area contributed by atoms with E-state index < -0.39 is 27.4 Å². The van der Waals surface area contributed by atoms with Crippen molar-refractivity contribution in [1.29, 1.82) is 0 Å². The lowest BCUT2D eigenvalue weighted by Gasteiger charge is -2.35. The zero-order valence-corrected chi connectivity index (χ0v) is 18.4. The molecular weight excluding hydrogens is 424 g/mol. The maximum absolute atomic E-state index is 13.9. The van der Waals surface area contributed by atoms with Gasteiger partial charge in [0, 0.05) is 44.3 Å². The van der Waals surface area contributed by atoms with Gasteiger partial charge in [0.1, 0.15) is 11.6 Å². The van der Waals surface area contributed by atoms with E-state index in [1.807, 2.05) is 17.0 Å². The highest BCUT2D eigenvalue weighted by atomic mass is 32.2. The van der Waals surface area contributed by atoms with E-state index >= 15 is 0 Å². The SMILES string of the molecule is CC1CCCCN1c1ccc(N2CCN(S(=O)(=O)Cc3cc(F)ccc3F)CC2)nn1. The highest BCUT2D eigenvalue weighted by Crippen LogP contribution is 2.24. The number of benzene rings is 1. The monoisotopic (exact) mass is 451 g/mol. The zero-order chi connectivity index (χ0) is 22.0. The fraction of sp³-hybridized carbons (Fsp3) is 0.524. The van der Waals surface area contributed by atoms with Crippen molar-refractivity contribution in [3.8, 4) is 0 Å². The zero-order valence-electron chi connectivity index (χ0n) is 17.5. The summed E-state index contributed by atoms with van der Waals surface area (Å²) in [6, 6.07) is 7.21. The second-order valence-corrected chi connectivity index (χ2v) is 10.1. The molecule has 1 aromatic heterocycles. The van der Waals surface area contributed by atoms with Crippen LogP contribution in [0, 0.1) is 11.6 Å². The molecule has 168 valence electrons. The highest BCUT2D eigenvalue weighted by molar-refractivity contribution is 7.88. The Labute approximate surface area is 181 Å². The van der Waals surface area contributed by atoms with Gasteiger partial charge in [-0.1, -0.05) is 0 Å². The molecule has 2 aromatic rings. The van der Waals surface area contributed by atoms with Crippen LogP contribution in [0.15, 0.2) is 30.3 Å². The summed E-state index contributed by atoms with van der Waals surface area (Å²) in [5.41, 5.74) is -0.157. The van der Waals surface area contributed by atoms with Gasteiger partial charge in [-0.15, -0.1) is 10.2 Å². The number of piperazine rings is 1. The van der Waals surface area contributed by atoms with Gasteiger partial charge in [0.25, 0.3) is 0 Å². The molecular formula is C21H27F2N5O2S. The predicted molar refractivity (Wildman–Crippen MR) is 115 cm³/mol. The van der Waals surface area contributed by atoms with Crippen LogP contribution < -0.4 is 9.80 Å². The minimum absolute atomic E-state index is 0.157. The topological polar surface area (TPSA) is 69.6 Å². The van der Waals surface area contributed by atoms with Crippen LogP contribution in [-0.4, -0.2) is 61.7 Å². The van der Waals surface area contributed by atoms with Crippen molar-refractivity contribution in [2.45, 2.75) is 38.0 Å². The second kappa shape index (κ2) is 9.04. The van der Waals surface area contributed by atoms with Gasteiger partial charge in [0.15, 0.2) is 11.6 Å². The minimum atomic E-state index is -3.75. The summed E-state index contributed by atoms with van der Waals surface area (Å²) in [6.45, 7) is 4.61. The fourth-order valence-electron chi connectivity index (χ4n) is 4.22. The molecule has 0 saturated carbocycles. The lowest BCUT2D eigenvalue weighted by Crippen LogP contribution is -2.49. The molecule has 0 radical (unpaired) electrons. The van der Waals surface area contributed by atoms with Crippen LogP contribution in [0.1, 0.15) is 31.7 Å². The Bertz CT molecular complexity index is 1010. The molecule has 0 N–H and O–H groups in total. The molecule has 10 heteroatoms. The third kappa shape index (κ3) is 4.95. The largest absolute Gasteiger partial charge is 0.352 e. The molecule has 7 nitrogen and oxygen atoms in total. The van der Waals surface area contributed by atoms with Crippen LogP contribution in [0.4, 0.5) is 20.4 Å². The van der Waals surface area contributed by atoms with E-state index in [2.05, 4.69) is 22.0 Å². The predicted octanol–water partition coefficient (Wildman–Crippen LogP) is 2.79.